The van der Waals surface area contributed by atoms with E-state index in [9.17, 15) is 9.59 Å². The number of halogens is 1. The molecule has 0 aliphatic heterocycles. The van der Waals surface area contributed by atoms with Gasteiger partial charge in [0.05, 0.1) is 7.11 Å². The van der Waals surface area contributed by atoms with Crippen LogP contribution in [0.3, 0.4) is 0 Å². The molecular formula is C21H25IN2O4. The van der Waals surface area contributed by atoms with Crippen molar-refractivity contribution < 1.29 is 19.1 Å². The van der Waals surface area contributed by atoms with E-state index in [0.717, 1.165) is 9.13 Å². The fourth-order valence-corrected chi connectivity index (χ4v) is 2.99. The van der Waals surface area contributed by atoms with Crippen molar-refractivity contribution in [2.45, 2.75) is 26.4 Å². The Balaban J connectivity index is 2.14. The zero-order chi connectivity index (χ0) is 20.5. The van der Waals surface area contributed by atoms with E-state index in [-0.39, 0.29) is 25.0 Å². The number of amides is 2. The van der Waals surface area contributed by atoms with Gasteiger partial charge < -0.3 is 19.7 Å². The Kier molecular flexibility index (Phi) is 8.56. The Bertz CT molecular complexity index is 795. The SMILES string of the molecule is CCNC(=O)C(C)N(Cc1cccc(OC)c1)C(=O)COc1ccc(I)cc1. The molecule has 0 spiro atoms. The minimum atomic E-state index is -0.626. The number of nitrogens with zero attached hydrogens (tertiary/aromatic N) is 1. The molecule has 28 heavy (non-hydrogen) atoms. The van der Waals surface area contributed by atoms with E-state index < -0.39 is 6.04 Å². The van der Waals surface area contributed by atoms with E-state index in [0.29, 0.717) is 18.0 Å². The summed E-state index contributed by atoms with van der Waals surface area (Å²) in [7, 11) is 1.59. The average Bonchev–Trinajstić information content (AvgIpc) is 2.71. The summed E-state index contributed by atoms with van der Waals surface area (Å²) in [5.74, 6) is 0.847. The number of likely N-dealkylation sites (N-methyl/N-ethyl adjacent to an activating group) is 1. The van der Waals surface area contributed by atoms with E-state index in [1.807, 2.05) is 55.5 Å². The van der Waals surface area contributed by atoms with Crippen LogP contribution in [0, 0.1) is 3.57 Å². The number of methoxy groups -OCH3 is 1. The zero-order valence-corrected chi connectivity index (χ0v) is 18.4. The van der Waals surface area contributed by atoms with Crippen molar-refractivity contribution in [1.29, 1.82) is 0 Å². The number of hydrogen-bond acceptors (Lipinski definition) is 4. The summed E-state index contributed by atoms with van der Waals surface area (Å²) >= 11 is 2.21. The Morgan fingerprint density at radius 2 is 1.86 bits per heavy atom. The molecule has 0 aliphatic rings. The van der Waals surface area contributed by atoms with Crippen LogP contribution >= 0.6 is 22.6 Å². The Labute approximate surface area is 179 Å². The minimum absolute atomic E-state index is 0.145. The van der Waals surface area contributed by atoms with E-state index in [1.54, 1.807) is 14.0 Å². The average molecular weight is 496 g/mol. The molecule has 0 saturated heterocycles. The quantitative estimate of drug-likeness (QED) is 0.542. The van der Waals surface area contributed by atoms with E-state index >= 15 is 0 Å². The van der Waals surface area contributed by atoms with Gasteiger partial charge >= 0.3 is 0 Å². The summed E-state index contributed by atoms with van der Waals surface area (Å²) in [5.41, 5.74) is 0.873. The number of carbonyl (C=O) groups is 2. The summed E-state index contributed by atoms with van der Waals surface area (Å²) < 4.78 is 12.0. The Morgan fingerprint density at radius 1 is 1.14 bits per heavy atom. The molecule has 1 unspecified atom stereocenters. The molecule has 1 N–H and O–H groups in total. The largest absolute Gasteiger partial charge is 0.497 e. The number of rotatable bonds is 9. The third-order valence-corrected chi connectivity index (χ3v) is 4.90. The van der Waals surface area contributed by atoms with Crippen LogP contribution in [-0.4, -0.2) is 43.0 Å². The molecular weight excluding hydrogens is 471 g/mol. The predicted octanol–water partition coefficient (Wildman–Crippen LogP) is 3.23. The van der Waals surface area contributed by atoms with Crippen LogP contribution in [0.5, 0.6) is 11.5 Å². The van der Waals surface area contributed by atoms with Crippen LogP contribution in [0.25, 0.3) is 0 Å². The van der Waals surface area contributed by atoms with Gasteiger partial charge in [0.1, 0.15) is 17.5 Å². The molecule has 2 aromatic carbocycles. The lowest BCUT2D eigenvalue weighted by molar-refractivity contribution is -0.142. The second-order valence-corrected chi connectivity index (χ2v) is 7.43. The number of hydrogen-bond donors (Lipinski definition) is 1. The maximum atomic E-state index is 12.9. The van der Waals surface area contributed by atoms with Gasteiger partial charge in [-0.25, -0.2) is 0 Å². The highest BCUT2D eigenvalue weighted by Crippen LogP contribution is 2.17. The lowest BCUT2D eigenvalue weighted by atomic mass is 10.1. The number of ether oxygens (including phenoxy) is 2. The first-order valence-corrected chi connectivity index (χ1v) is 10.1. The Hall–Kier alpha value is -2.29. The highest BCUT2D eigenvalue weighted by molar-refractivity contribution is 14.1. The van der Waals surface area contributed by atoms with E-state index in [4.69, 9.17) is 9.47 Å². The van der Waals surface area contributed by atoms with Crippen molar-refractivity contribution in [3.63, 3.8) is 0 Å². The van der Waals surface area contributed by atoms with Crippen LogP contribution in [-0.2, 0) is 16.1 Å². The monoisotopic (exact) mass is 496 g/mol. The second-order valence-electron chi connectivity index (χ2n) is 6.19. The zero-order valence-electron chi connectivity index (χ0n) is 16.3. The lowest BCUT2D eigenvalue weighted by Crippen LogP contribution is -2.49. The highest BCUT2D eigenvalue weighted by Gasteiger charge is 2.26. The summed E-state index contributed by atoms with van der Waals surface area (Å²) in [6, 6.07) is 14.3. The molecule has 0 radical (unpaired) electrons. The second kappa shape index (κ2) is 10.9. The van der Waals surface area contributed by atoms with Crippen molar-refractivity contribution in [2.75, 3.05) is 20.3 Å². The third kappa shape index (κ3) is 6.40. The van der Waals surface area contributed by atoms with Gasteiger partial charge in [-0.1, -0.05) is 12.1 Å². The van der Waals surface area contributed by atoms with Crippen LogP contribution < -0.4 is 14.8 Å². The van der Waals surface area contributed by atoms with Gasteiger partial charge in [-0.2, -0.15) is 0 Å². The predicted molar refractivity (Wildman–Crippen MR) is 116 cm³/mol. The first-order valence-electron chi connectivity index (χ1n) is 9.03. The third-order valence-electron chi connectivity index (χ3n) is 4.18. The first kappa shape index (κ1) is 22.0. The summed E-state index contributed by atoms with van der Waals surface area (Å²) in [6.07, 6.45) is 0. The number of carbonyl (C=O) groups excluding carboxylic acids is 2. The maximum absolute atomic E-state index is 12.9. The first-order chi connectivity index (χ1) is 13.4. The lowest BCUT2D eigenvalue weighted by Gasteiger charge is -2.28. The van der Waals surface area contributed by atoms with Crippen molar-refractivity contribution in [3.8, 4) is 11.5 Å². The molecule has 7 heteroatoms. The summed E-state index contributed by atoms with van der Waals surface area (Å²) in [6.45, 7) is 4.20. The minimum Gasteiger partial charge on any atom is -0.497 e. The topological polar surface area (TPSA) is 67.9 Å². The molecule has 0 bridgehead atoms. The molecule has 2 rings (SSSR count). The molecule has 6 nitrogen and oxygen atoms in total. The van der Waals surface area contributed by atoms with Gasteiger partial charge in [0.2, 0.25) is 5.91 Å². The number of nitrogens with one attached hydrogen (secondary N) is 1. The van der Waals surface area contributed by atoms with Gasteiger partial charge in [-0.15, -0.1) is 0 Å². The van der Waals surface area contributed by atoms with Crippen LogP contribution in [0.1, 0.15) is 19.4 Å². The normalized spacial score (nSPS) is 11.4. The van der Waals surface area contributed by atoms with E-state index in [2.05, 4.69) is 27.9 Å². The molecule has 1 atom stereocenters. The summed E-state index contributed by atoms with van der Waals surface area (Å²) in [5, 5.41) is 2.77. The smallest absolute Gasteiger partial charge is 0.261 e. The van der Waals surface area contributed by atoms with Crippen molar-refractivity contribution in [2.24, 2.45) is 0 Å². The molecule has 0 aromatic heterocycles. The summed E-state index contributed by atoms with van der Waals surface area (Å²) in [4.78, 5) is 26.7. The van der Waals surface area contributed by atoms with Gasteiger partial charge in [0, 0.05) is 16.7 Å². The van der Waals surface area contributed by atoms with Crippen molar-refractivity contribution >= 4 is 34.4 Å². The molecule has 2 aromatic rings. The standard InChI is InChI=1S/C21H25IN2O4/c1-4-23-21(26)15(2)24(13-16-6-5-7-19(12-16)27-3)20(25)14-28-18-10-8-17(22)9-11-18/h5-12,15H,4,13-14H2,1-3H3,(H,23,26). The Morgan fingerprint density at radius 3 is 2.50 bits per heavy atom. The fourth-order valence-electron chi connectivity index (χ4n) is 2.63. The van der Waals surface area contributed by atoms with E-state index in [1.165, 1.54) is 4.90 Å². The van der Waals surface area contributed by atoms with Gasteiger partial charge in [-0.05, 0) is 78.4 Å². The fraction of sp³-hybridized carbons (Fsp3) is 0.333. The maximum Gasteiger partial charge on any atom is 0.261 e. The molecule has 2 amide bonds. The highest BCUT2D eigenvalue weighted by atomic mass is 127. The van der Waals surface area contributed by atoms with Gasteiger partial charge in [0.25, 0.3) is 5.91 Å². The van der Waals surface area contributed by atoms with Gasteiger partial charge in [-0.3, -0.25) is 9.59 Å². The molecule has 0 fully saturated rings. The van der Waals surface area contributed by atoms with Crippen LogP contribution in [0.4, 0.5) is 0 Å². The van der Waals surface area contributed by atoms with Gasteiger partial charge in [0.15, 0.2) is 6.61 Å². The van der Waals surface area contributed by atoms with Crippen LogP contribution in [0.15, 0.2) is 48.5 Å². The van der Waals surface area contributed by atoms with Crippen molar-refractivity contribution in [3.05, 3.63) is 57.7 Å². The van der Waals surface area contributed by atoms with Crippen LogP contribution in [0.2, 0.25) is 0 Å². The molecule has 0 heterocycles. The molecule has 0 aliphatic carbocycles. The molecule has 0 saturated carbocycles. The number of benzene rings is 2. The van der Waals surface area contributed by atoms with Crippen molar-refractivity contribution in [1.82, 2.24) is 10.2 Å². The molecule has 150 valence electrons.